The molecule has 1 aromatic heterocycles. The summed E-state index contributed by atoms with van der Waals surface area (Å²) in [5.74, 6) is -1.00. The lowest BCUT2D eigenvalue weighted by Crippen LogP contribution is -2.63. The highest BCUT2D eigenvalue weighted by molar-refractivity contribution is 6.32. The number of rotatable bonds is 3. The molecule has 0 saturated carbocycles. The zero-order valence-corrected chi connectivity index (χ0v) is 10.7. The smallest absolute Gasteiger partial charge is 0.257 e. The highest BCUT2D eigenvalue weighted by atomic mass is 35.5. The minimum absolute atomic E-state index is 0.0210. The van der Waals surface area contributed by atoms with Gasteiger partial charge in [-0.25, -0.2) is 9.37 Å². The van der Waals surface area contributed by atoms with Crippen LogP contribution < -0.4 is 0 Å². The van der Waals surface area contributed by atoms with Crippen molar-refractivity contribution < 1.29 is 14.3 Å². The number of aromatic nitrogens is 1. The summed E-state index contributed by atoms with van der Waals surface area (Å²) in [6.45, 7) is 2.48. The van der Waals surface area contributed by atoms with Crippen molar-refractivity contribution in [2.75, 3.05) is 13.1 Å². The maximum atomic E-state index is 13.0. The van der Waals surface area contributed by atoms with Gasteiger partial charge in [0.25, 0.3) is 5.91 Å². The number of nitrogens with zero attached hydrogens (tertiary/aromatic N) is 2. The van der Waals surface area contributed by atoms with Gasteiger partial charge in [0.05, 0.1) is 30.5 Å². The van der Waals surface area contributed by atoms with Gasteiger partial charge in [0, 0.05) is 0 Å². The first-order valence-corrected chi connectivity index (χ1v) is 6.16. The van der Waals surface area contributed by atoms with Crippen LogP contribution in [0.4, 0.5) is 4.39 Å². The van der Waals surface area contributed by atoms with Crippen LogP contribution >= 0.6 is 11.6 Å². The summed E-state index contributed by atoms with van der Waals surface area (Å²) >= 11 is 5.76. The first kappa shape index (κ1) is 13.2. The van der Waals surface area contributed by atoms with E-state index in [9.17, 15) is 14.3 Å². The molecule has 0 bridgehead atoms. The minimum atomic E-state index is -0.808. The van der Waals surface area contributed by atoms with E-state index in [0.717, 1.165) is 18.7 Å². The number of pyridine rings is 1. The van der Waals surface area contributed by atoms with Crippen LogP contribution in [0.5, 0.6) is 0 Å². The molecule has 0 aromatic carbocycles. The van der Waals surface area contributed by atoms with Crippen LogP contribution in [0.2, 0.25) is 5.15 Å². The lowest BCUT2D eigenvalue weighted by molar-refractivity contribution is -0.0860. The second-order valence-corrected chi connectivity index (χ2v) is 4.99. The van der Waals surface area contributed by atoms with Gasteiger partial charge in [-0.1, -0.05) is 24.9 Å². The average molecular weight is 273 g/mol. The topological polar surface area (TPSA) is 53.4 Å². The SMILES string of the molecule is CCCC1(O)CN(C(=O)c2cc(F)cnc2Cl)C1. The van der Waals surface area contributed by atoms with Gasteiger partial charge in [-0.05, 0) is 12.5 Å². The molecule has 1 aliphatic heterocycles. The van der Waals surface area contributed by atoms with Crippen LogP contribution in [0.15, 0.2) is 12.3 Å². The standard InChI is InChI=1S/C12H14ClFN2O2/c1-2-3-12(18)6-16(7-12)11(17)9-4-8(14)5-15-10(9)13/h4-5,18H,2-3,6-7H2,1H3. The van der Waals surface area contributed by atoms with Gasteiger partial charge in [0.1, 0.15) is 11.0 Å². The van der Waals surface area contributed by atoms with Crippen LogP contribution in [0, 0.1) is 5.82 Å². The molecular formula is C12H14ClFN2O2. The Morgan fingerprint density at radius 2 is 2.33 bits per heavy atom. The number of hydrogen-bond donors (Lipinski definition) is 1. The van der Waals surface area contributed by atoms with E-state index in [1.807, 2.05) is 6.92 Å². The number of β-amino-alcohol motifs (C(OH)–C–C–N with tert-alkyl or cyclic N) is 1. The molecule has 0 radical (unpaired) electrons. The summed E-state index contributed by atoms with van der Waals surface area (Å²) in [6, 6.07) is 1.06. The monoisotopic (exact) mass is 272 g/mol. The van der Waals surface area contributed by atoms with Crippen LogP contribution in [0.3, 0.4) is 0 Å². The van der Waals surface area contributed by atoms with Crippen molar-refractivity contribution in [1.29, 1.82) is 0 Å². The number of carbonyl (C=O) groups is 1. The van der Waals surface area contributed by atoms with Crippen LogP contribution in [-0.4, -0.2) is 39.6 Å². The first-order valence-electron chi connectivity index (χ1n) is 5.78. The molecule has 1 aliphatic rings. The molecule has 1 saturated heterocycles. The summed E-state index contributed by atoms with van der Waals surface area (Å²) in [7, 11) is 0. The fourth-order valence-corrected chi connectivity index (χ4v) is 2.36. The van der Waals surface area contributed by atoms with Gasteiger partial charge in [-0.3, -0.25) is 4.79 Å². The van der Waals surface area contributed by atoms with Crippen molar-refractivity contribution in [1.82, 2.24) is 9.88 Å². The molecule has 2 rings (SSSR count). The Morgan fingerprint density at radius 1 is 1.67 bits per heavy atom. The van der Waals surface area contributed by atoms with Crippen LogP contribution in [0.25, 0.3) is 0 Å². The average Bonchev–Trinajstić information content (AvgIpc) is 2.28. The van der Waals surface area contributed by atoms with Gasteiger partial charge in [-0.2, -0.15) is 0 Å². The molecule has 2 heterocycles. The largest absolute Gasteiger partial charge is 0.386 e. The second-order valence-electron chi connectivity index (χ2n) is 4.63. The van der Waals surface area contributed by atoms with Gasteiger partial charge >= 0.3 is 0 Å². The molecule has 18 heavy (non-hydrogen) atoms. The van der Waals surface area contributed by atoms with Crippen LogP contribution in [-0.2, 0) is 0 Å². The molecule has 0 atom stereocenters. The maximum Gasteiger partial charge on any atom is 0.257 e. The molecule has 6 heteroatoms. The number of carbonyl (C=O) groups excluding carboxylic acids is 1. The zero-order valence-electron chi connectivity index (χ0n) is 9.99. The predicted molar refractivity (Wildman–Crippen MR) is 65.0 cm³/mol. The lowest BCUT2D eigenvalue weighted by Gasteiger charge is -2.46. The lowest BCUT2D eigenvalue weighted by atomic mass is 9.89. The molecule has 0 spiro atoms. The quantitative estimate of drug-likeness (QED) is 0.855. The van der Waals surface area contributed by atoms with Crippen molar-refractivity contribution in [3.8, 4) is 0 Å². The van der Waals surface area contributed by atoms with Crippen LogP contribution in [0.1, 0.15) is 30.1 Å². The third kappa shape index (κ3) is 2.47. The molecule has 4 nitrogen and oxygen atoms in total. The number of amides is 1. The van der Waals surface area contributed by atoms with E-state index in [1.54, 1.807) is 0 Å². The van der Waals surface area contributed by atoms with E-state index in [1.165, 1.54) is 4.90 Å². The summed E-state index contributed by atoms with van der Waals surface area (Å²) in [4.78, 5) is 17.1. The fourth-order valence-electron chi connectivity index (χ4n) is 2.17. The number of likely N-dealkylation sites (tertiary alicyclic amines) is 1. The second kappa shape index (κ2) is 4.82. The Labute approximate surface area is 109 Å². The minimum Gasteiger partial charge on any atom is -0.386 e. The number of aliphatic hydroxyl groups is 1. The number of halogens is 2. The number of hydrogen-bond acceptors (Lipinski definition) is 3. The Hall–Kier alpha value is -1.20. The molecular weight excluding hydrogens is 259 g/mol. The summed E-state index contributed by atoms with van der Waals surface area (Å²) < 4.78 is 13.0. The summed E-state index contributed by atoms with van der Waals surface area (Å²) in [6.07, 6.45) is 2.45. The molecule has 0 aliphatic carbocycles. The maximum absolute atomic E-state index is 13.0. The first-order chi connectivity index (χ1) is 8.45. The van der Waals surface area contributed by atoms with Gasteiger partial charge in [0.15, 0.2) is 0 Å². The molecule has 1 fully saturated rings. The van der Waals surface area contributed by atoms with E-state index in [0.29, 0.717) is 6.42 Å². The van der Waals surface area contributed by atoms with Crippen molar-refractivity contribution >= 4 is 17.5 Å². The Bertz CT molecular complexity index is 475. The van der Waals surface area contributed by atoms with Gasteiger partial charge < -0.3 is 10.0 Å². The Morgan fingerprint density at radius 3 is 2.94 bits per heavy atom. The predicted octanol–water partition coefficient (Wildman–Crippen LogP) is 1.86. The normalized spacial score (nSPS) is 17.4. The van der Waals surface area contributed by atoms with Crippen molar-refractivity contribution in [3.63, 3.8) is 0 Å². The highest BCUT2D eigenvalue weighted by Crippen LogP contribution is 2.28. The Balaban J connectivity index is 2.08. The molecule has 0 unspecified atom stereocenters. The van der Waals surface area contributed by atoms with E-state index in [-0.39, 0.29) is 23.8 Å². The van der Waals surface area contributed by atoms with E-state index in [4.69, 9.17) is 11.6 Å². The third-order valence-corrected chi connectivity index (χ3v) is 3.31. The molecule has 1 amide bonds. The fraction of sp³-hybridized carbons (Fsp3) is 0.500. The summed E-state index contributed by atoms with van der Waals surface area (Å²) in [5, 5.41) is 9.96. The summed E-state index contributed by atoms with van der Waals surface area (Å²) in [5.41, 5.74) is -0.771. The van der Waals surface area contributed by atoms with Gasteiger partial charge in [-0.15, -0.1) is 0 Å². The molecule has 1 aromatic rings. The van der Waals surface area contributed by atoms with E-state index < -0.39 is 17.3 Å². The van der Waals surface area contributed by atoms with Crippen molar-refractivity contribution in [3.05, 3.63) is 28.8 Å². The molecule has 98 valence electrons. The zero-order chi connectivity index (χ0) is 13.3. The van der Waals surface area contributed by atoms with Crippen molar-refractivity contribution in [2.24, 2.45) is 0 Å². The van der Waals surface area contributed by atoms with Gasteiger partial charge in [0.2, 0.25) is 0 Å². The van der Waals surface area contributed by atoms with E-state index >= 15 is 0 Å². The highest BCUT2D eigenvalue weighted by Gasteiger charge is 2.43. The van der Waals surface area contributed by atoms with E-state index in [2.05, 4.69) is 4.98 Å². The molecule has 1 N–H and O–H groups in total. The Kier molecular flexibility index (Phi) is 3.54. The van der Waals surface area contributed by atoms with Crippen molar-refractivity contribution in [2.45, 2.75) is 25.4 Å². The third-order valence-electron chi connectivity index (χ3n) is 3.01.